The van der Waals surface area contributed by atoms with Crippen LogP contribution in [0.5, 0.6) is 0 Å². The third kappa shape index (κ3) is 2.50. The van der Waals surface area contributed by atoms with Crippen LogP contribution in [0, 0.1) is 10.1 Å². The molecule has 0 saturated heterocycles. The van der Waals surface area contributed by atoms with Gasteiger partial charge in [0.1, 0.15) is 0 Å². The van der Waals surface area contributed by atoms with E-state index in [1.165, 1.54) is 12.1 Å². The minimum Gasteiger partial charge on any atom is -0.308 e. The van der Waals surface area contributed by atoms with Gasteiger partial charge in [-0.1, -0.05) is 24.3 Å². The summed E-state index contributed by atoms with van der Waals surface area (Å²) in [4.78, 5) is 24.7. The molecule has 1 aliphatic rings. The maximum atomic E-state index is 12.6. The van der Waals surface area contributed by atoms with Crippen LogP contribution in [0.3, 0.4) is 0 Å². The summed E-state index contributed by atoms with van der Waals surface area (Å²) in [6, 6.07) is 13.7. The molecule has 0 radical (unpaired) electrons. The average Bonchev–Trinajstić information content (AvgIpc) is 2.53. The van der Waals surface area contributed by atoms with Gasteiger partial charge in [0.2, 0.25) is 0 Å². The fourth-order valence-corrected chi connectivity index (χ4v) is 2.65. The molecule has 0 atom stereocenters. The van der Waals surface area contributed by atoms with Crippen molar-refractivity contribution in [3.05, 3.63) is 69.8 Å². The molecule has 1 aliphatic heterocycles. The normalized spacial score (nSPS) is 13.6. The van der Waals surface area contributed by atoms with E-state index in [0.29, 0.717) is 12.1 Å². The number of aryl methyl sites for hydroxylation is 1. The Morgan fingerprint density at radius 1 is 1.14 bits per heavy atom. The Hall–Kier alpha value is -2.69. The quantitative estimate of drug-likeness (QED) is 0.627. The van der Waals surface area contributed by atoms with Gasteiger partial charge >= 0.3 is 0 Å². The topological polar surface area (TPSA) is 63.4 Å². The number of non-ortho nitro benzene ring substituents is 1. The molecule has 3 rings (SSSR count). The second-order valence-electron chi connectivity index (χ2n) is 5.00. The van der Waals surface area contributed by atoms with Crippen molar-refractivity contribution in [2.45, 2.75) is 12.8 Å². The maximum absolute atomic E-state index is 12.6. The summed E-state index contributed by atoms with van der Waals surface area (Å²) >= 11 is 0. The lowest BCUT2D eigenvalue weighted by Crippen LogP contribution is -2.35. The highest BCUT2D eigenvalue weighted by Crippen LogP contribution is 2.28. The average molecular weight is 282 g/mol. The van der Waals surface area contributed by atoms with Crippen LogP contribution in [0.4, 0.5) is 11.4 Å². The molecule has 21 heavy (non-hydrogen) atoms. The lowest BCUT2D eigenvalue weighted by atomic mass is 10.0. The molecule has 1 amide bonds. The van der Waals surface area contributed by atoms with E-state index in [1.807, 2.05) is 24.3 Å². The summed E-state index contributed by atoms with van der Waals surface area (Å²) in [5, 5.41) is 10.8. The number of para-hydroxylation sites is 1. The predicted octanol–water partition coefficient (Wildman–Crippen LogP) is 3.19. The number of hydrogen-bond donors (Lipinski definition) is 0. The van der Waals surface area contributed by atoms with Gasteiger partial charge in [-0.25, -0.2) is 0 Å². The van der Waals surface area contributed by atoms with E-state index >= 15 is 0 Å². The van der Waals surface area contributed by atoms with Crippen LogP contribution in [-0.2, 0) is 6.42 Å². The highest BCUT2D eigenvalue weighted by molar-refractivity contribution is 6.07. The fraction of sp³-hybridized carbons (Fsp3) is 0.188. The number of nitrogens with zero attached hydrogens (tertiary/aromatic N) is 2. The zero-order valence-corrected chi connectivity index (χ0v) is 11.4. The van der Waals surface area contributed by atoms with E-state index < -0.39 is 4.92 Å². The van der Waals surface area contributed by atoms with Gasteiger partial charge in [-0.3, -0.25) is 14.9 Å². The standard InChI is InChI=1S/C16H14N2O3/c19-16(13-6-3-8-14(11-13)18(20)21)17-10-4-7-12-5-1-2-9-15(12)17/h1-3,5-6,8-9,11H,4,7,10H2. The first-order chi connectivity index (χ1) is 10.2. The van der Waals surface area contributed by atoms with Crippen molar-refractivity contribution in [2.75, 3.05) is 11.4 Å². The van der Waals surface area contributed by atoms with Gasteiger partial charge in [0.25, 0.3) is 11.6 Å². The second kappa shape index (κ2) is 5.36. The zero-order chi connectivity index (χ0) is 14.8. The van der Waals surface area contributed by atoms with Crippen molar-refractivity contribution in [3.63, 3.8) is 0 Å². The molecule has 0 aliphatic carbocycles. The van der Waals surface area contributed by atoms with E-state index in [1.54, 1.807) is 17.0 Å². The largest absolute Gasteiger partial charge is 0.308 e. The molecule has 5 nitrogen and oxygen atoms in total. The van der Waals surface area contributed by atoms with Gasteiger partial charge in [-0.2, -0.15) is 0 Å². The van der Waals surface area contributed by atoms with Gasteiger partial charge in [0.05, 0.1) is 4.92 Å². The lowest BCUT2D eigenvalue weighted by Gasteiger charge is -2.29. The number of nitro benzene ring substituents is 1. The van der Waals surface area contributed by atoms with Crippen LogP contribution in [0.25, 0.3) is 0 Å². The summed E-state index contributed by atoms with van der Waals surface area (Å²) in [5.41, 5.74) is 2.33. The van der Waals surface area contributed by atoms with Crippen molar-refractivity contribution in [1.29, 1.82) is 0 Å². The van der Waals surface area contributed by atoms with Crippen molar-refractivity contribution in [1.82, 2.24) is 0 Å². The Morgan fingerprint density at radius 2 is 1.95 bits per heavy atom. The molecule has 0 fully saturated rings. The molecule has 0 spiro atoms. The number of nitro groups is 1. The highest BCUT2D eigenvalue weighted by Gasteiger charge is 2.24. The SMILES string of the molecule is O=C(c1cccc([N+](=O)[O-])c1)N1CCCc2ccccc21. The van der Waals surface area contributed by atoms with Crippen molar-refractivity contribution in [3.8, 4) is 0 Å². The van der Waals surface area contributed by atoms with Gasteiger partial charge in [0, 0.05) is 29.9 Å². The minimum atomic E-state index is -0.485. The maximum Gasteiger partial charge on any atom is 0.270 e. The monoisotopic (exact) mass is 282 g/mol. The summed E-state index contributed by atoms with van der Waals surface area (Å²) in [6.45, 7) is 0.637. The number of carbonyl (C=O) groups excluding carboxylic acids is 1. The van der Waals surface area contributed by atoms with Crippen molar-refractivity contribution < 1.29 is 9.72 Å². The number of hydrogen-bond acceptors (Lipinski definition) is 3. The Balaban J connectivity index is 1.96. The number of amides is 1. The molecule has 5 heteroatoms. The first-order valence-electron chi connectivity index (χ1n) is 6.81. The molecule has 0 aromatic heterocycles. The Morgan fingerprint density at radius 3 is 2.76 bits per heavy atom. The molecule has 2 aromatic carbocycles. The van der Waals surface area contributed by atoms with Gasteiger partial charge in [-0.05, 0) is 30.5 Å². The summed E-state index contributed by atoms with van der Waals surface area (Å²) in [5.74, 6) is -0.189. The molecule has 0 saturated carbocycles. The Kier molecular flexibility index (Phi) is 3.39. The number of carbonyl (C=O) groups is 1. The van der Waals surface area contributed by atoms with E-state index in [0.717, 1.165) is 24.1 Å². The van der Waals surface area contributed by atoms with Crippen LogP contribution in [0.2, 0.25) is 0 Å². The third-order valence-electron chi connectivity index (χ3n) is 3.66. The third-order valence-corrected chi connectivity index (χ3v) is 3.66. The van der Waals surface area contributed by atoms with E-state index in [4.69, 9.17) is 0 Å². The first kappa shape index (κ1) is 13.3. The molecule has 0 bridgehead atoms. The predicted molar refractivity (Wildman–Crippen MR) is 79.5 cm³/mol. The van der Waals surface area contributed by atoms with Gasteiger partial charge < -0.3 is 4.90 Å². The number of fused-ring (bicyclic) bond motifs is 1. The zero-order valence-electron chi connectivity index (χ0n) is 11.4. The smallest absolute Gasteiger partial charge is 0.270 e. The van der Waals surface area contributed by atoms with Crippen molar-refractivity contribution in [2.24, 2.45) is 0 Å². The van der Waals surface area contributed by atoms with Crippen LogP contribution < -0.4 is 4.90 Å². The summed E-state index contributed by atoms with van der Waals surface area (Å²) in [6.07, 6.45) is 1.85. The molecular formula is C16H14N2O3. The first-order valence-corrected chi connectivity index (χ1v) is 6.81. The Bertz CT molecular complexity index is 712. The molecule has 2 aromatic rings. The van der Waals surface area contributed by atoms with Gasteiger partial charge in [-0.15, -0.1) is 0 Å². The number of rotatable bonds is 2. The fourth-order valence-electron chi connectivity index (χ4n) is 2.65. The van der Waals surface area contributed by atoms with E-state index in [-0.39, 0.29) is 11.6 Å². The highest BCUT2D eigenvalue weighted by atomic mass is 16.6. The van der Waals surface area contributed by atoms with Crippen LogP contribution in [0.15, 0.2) is 48.5 Å². The molecule has 0 unspecified atom stereocenters. The minimum absolute atomic E-state index is 0.0638. The van der Waals surface area contributed by atoms with Crippen LogP contribution >= 0.6 is 0 Å². The van der Waals surface area contributed by atoms with Gasteiger partial charge in [0.15, 0.2) is 0 Å². The lowest BCUT2D eigenvalue weighted by molar-refractivity contribution is -0.384. The summed E-state index contributed by atoms with van der Waals surface area (Å²) in [7, 11) is 0. The van der Waals surface area contributed by atoms with E-state index in [9.17, 15) is 14.9 Å². The number of anilines is 1. The van der Waals surface area contributed by atoms with E-state index in [2.05, 4.69) is 0 Å². The molecule has 1 heterocycles. The molecule has 106 valence electrons. The summed E-state index contributed by atoms with van der Waals surface area (Å²) < 4.78 is 0. The Labute approximate surface area is 122 Å². The van der Waals surface area contributed by atoms with Crippen molar-refractivity contribution >= 4 is 17.3 Å². The number of benzene rings is 2. The molecule has 0 N–H and O–H groups in total. The molecular weight excluding hydrogens is 268 g/mol. The second-order valence-corrected chi connectivity index (χ2v) is 5.00. The van der Waals surface area contributed by atoms with Crippen LogP contribution in [0.1, 0.15) is 22.3 Å². The van der Waals surface area contributed by atoms with Crippen LogP contribution in [-0.4, -0.2) is 17.4 Å².